The molecule has 0 saturated heterocycles. The SMILES string of the molecule is CC(C)CC(C(=O)O)N(Cl)Br.O=[PH](O)O. The summed E-state index contributed by atoms with van der Waals surface area (Å²) in [7, 11) is -3.13. The van der Waals surface area contributed by atoms with E-state index in [4.69, 9.17) is 31.2 Å². The van der Waals surface area contributed by atoms with Crippen LogP contribution in [0.5, 0.6) is 0 Å². The van der Waals surface area contributed by atoms with Crippen molar-refractivity contribution in [2.24, 2.45) is 5.92 Å². The molecule has 0 spiro atoms. The predicted molar refractivity (Wildman–Crippen MR) is 60.9 cm³/mol. The van der Waals surface area contributed by atoms with Crippen molar-refractivity contribution in [1.29, 1.82) is 0 Å². The van der Waals surface area contributed by atoms with Crippen molar-refractivity contribution in [3.05, 3.63) is 0 Å². The van der Waals surface area contributed by atoms with E-state index in [1.54, 1.807) is 0 Å². The summed E-state index contributed by atoms with van der Waals surface area (Å²) < 4.78 is 9.76. The van der Waals surface area contributed by atoms with Crippen LogP contribution >= 0.6 is 36.2 Å². The van der Waals surface area contributed by atoms with E-state index in [1.807, 2.05) is 13.8 Å². The van der Waals surface area contributed by atoms with E-state index >= 15 is 0 Å². The minimum atomic E-state index is -3.13. The van der Waals surface area contributed by atoms with E-state index in [-0.39, 0.29) is 0 Å². The maximum atomic E-state index is 10.5. The number of carbonyl (C=O) groups is 1. The molecule has 92 valence electrons. The molecule has 0 aliphatic heterocycles. The van der Waals surface area contributed by atoms with Crippen molar-refractivity contribution in [1.82, 2.24) is 3.45 Å². The Bertz CT molecular complexity index is 212. The molecule has 0 heterocycles. The molecule has 9 heteroatoms. The van der Waals surface area contributed by atoms with Gasteiger partial charge in [-0.05, 0) is 24.1 Å². The Morgan fingerprint density at radius 1 is 1.53 bits per heavy atom. The first-order valence-electron chi connectivity index (χ1n) is 3.94. The van der Waals surface area contributed by atoms with Crippen molar-refractivity contribution in [3.63, 3.8) is 0 Å². The van der Waals surface area contributed by atoms with Crippen LogP contribution in [0.4, 0.5) is 0 Å². The Balaban J connectivity index is 0. The summed E-state index contributed by atoms with van der Waals surface area (Å²) in [5, 5.41) is 8.64. The van der Waals surface area contributed by atoms with Crippen LogP contribution in [0, 0.1) is 5.92 Å². The maximum absolute atomic E-state index is 10.5. The molecule has 0 saturated carbocycles. The van der Waals surface area contributed by atoms with Crippen LogP contribution in [-0.4, -0.2) is 30.3 Å². The topological polar surface area (TPSA) is 98.1 Å². The quantitative estimate of drug-likeness (QED) is 0.536. The van der Waals surface area contributed by atoms with Crippen molar-refractivity contribution >= 4 is 42.1 Å². The summed E-state index contributed by atoms with van der Waals surface area (Å²) in [4.78, 5) is 24.8. The summed E-state index contributed by atoms with van der Waals surface area (Å²) in [5.74, 6) is -0.597. The van der Waals surface area contributed by atoms with E-state index < -0.39 is 20.3 Å². The second-order valence-electron chi connectivity index (χ2n) is 3.03. The monoisotopic (exact) mass is 325 g/mol. The molecule has 6 nitrogen and oxygen atoms in total. The van der Waals surface area contributed by atoms with Crippen LogP contribution in [-0.2, 0) is 9.36 Å². The molecule has 0 amide bonds. The number of halogens is 2. The zero-order chi connectivity index (χ0) is 12.6. The van der Waals surface area contributed by atoms with Crippen LogP contribution in [0.3, 0.4) is 0 Å². The first kappa shape index (κ1) is 17.7. The number of carboxylic acids is 1. The molecule has 0 aromatic heterocycles. The summed E-state index contributed by atoms with van der Waals surface area (Å²) in [6.45, 7) is 3.90. The molecule has 0 rings (SSSR count). The van der Waals surface area contributed by atoms with Gasteiger partial charge in [-0.2, -0.15) is 0 Å². The fourth-order valence-electron chi connectivity index (χ4n) is 0.711. The minimum Gasteiger partial charge on any atom is -0.480 e. The minimum absolute atomic E-state index is 0.315. The van der Waals surface area contributed by atoms with E-state index in [0.717, 1.165) is 3.45 Å². The lowest BCUT2D eigenvalue weighted by molar-refractivity contribution is -0.140. The van der Waals surface area contributed by atoms with Crippen LogP contribution in [0.25, 0.3) is 0 Å². The number of rotatable bonds is 4. The molecule has 1 atom stereocenters. The summed E-state index contributed by atoms with van der Waals surface area (Å²) in [5.41, 5.74) is 0. The number of nitrogens with zero attached hydrogens (tertiary/aromatic N) is 1. The van der Waals surface area contributed by atoms with Gasteiger partial charge >= 0.3 is 14.2 Å². The van der Waals surface area contributed by atoms with Gasteiger partial charge in [-0.25, -0.2) is 0 Å². The Hall–Kier alpha value is 0.350. The largest absolute Gasteiger partial charge is 0.480 e. The van der Waals surface area contributed by atoms with Crippen molar-refractivity contribution in [2.75, 3.05) is 0 Å². The van der Waals surface area contributed by atoms with Crippen LogP contribution < -0.4 is 0 Å². The number of carboxylic acid groups (broad SMARTS) is 1. The Labute approximate surface area is 102 Å². The average molecular weight is 327 g/mol. The molecule has 0 radical (unpaired) electrons. The van der Waals surface area contributed by atoms with E-state index in [1.165, 1.54) is 0 Å². The third-order valence-electron chi connectivity index (χ3n) is 1.22. The first-order valence-corrected chi connectivity index (χ1v) is 6.29. The van der Waals surface area contributed by atoms with Gasteiger partial charge < -0.3 is 14.9 Å². The zero-order valence-corrected chi connectivity index (χ0v) is 11.6. The smallest absolute Gasteiger partial charge is 0.323 e. The van der Waals surface area contributed by atoms with Crippen molar-refractivity contribution in [2.45, 2.75) is 26.3 Å². The molecular formula is C6H14BrClNO5P. The Kier molecular flexibility index (Phi) is 11.3. The highest BCUT2D eigenvalue weighted by Crippen LogP contribution is 2.17. The fraction of sp³-hybridized carbons (Fsp3) is 0.833. The highest BCUT2D eigenvalue weighted by Gasteiger charge is 2.23. The van der Waals surface area contributed by atoms with E-state index in [2.05, 4.69) is 16.1 Å². The maximum Gasteiger partial charge on any atom is 0.323 e. The lowest BCUT2D eigenvalue weighted by Crippen LogP contribution is -2.30. The van der Waals surface area contributed by atoms with E-state index in [0.29, 0.717) is 12.3 Å². The van der Waals surface area contributed by atoms with Crippen LogP contribution in [0.1, 0.15) is 20.3 Å². The van der Waals surface area contributed by atoms with Gasteiger partial charge in [0.05, 0.1) is 0 Å². The Morgan fingerprint density at radius 2 is 1.87 bits per heavy atom. The Morgan fingerprint density at radius 3 is 1.93 bits per heavy atom. The normalized spacial score (nSPS) is 12.6. The molecule has 0 aromatic rings. The molecule has 0 fully saturated rings. The predicted octanol–water partition coefficient (Wildman–Crippen LogP) is 1.61. The highest BCUT2D eigenvalue weighted by atomic mass is 79.9. The van der Waals surface area contributed by atoms with Gasteiger partial charge in [0.25, 0.3) is 0 Å². The second-order valence-corrected chi connectivity index (χ2v) is 5.13. The molecular weight excluding hydrogens is 312 g/mol. The van der Waals surface area contributed by atoms with Gasteiger partial charge in [0.2, 0.25) is 0 Å². The molecule has 0 bridgehead atoms. The standard InChI is InChI=1S/C6H11BrClNO2.H3O3P/c1-4(2)3-5(6(10)11)9(7)8;1-4(2)3/h4-5H,3H2,1-2H3,(H,10,11);4H,(H2,1,2,3). The average Bonchev–Trinajstić information content (AvgIpc) is 1.97. The third-order valence-corrected chi connectivity index (χ3v) is 1.95. The van der Waals surface area contributed by atoms with Crippen molar-refractivity contribution in [3.8, 4) is 0 Å². The van der Waals surface area contributed by atoms with E-state index in [9.17, 15) is 4.79 Å². The molecule has 0 aromatic carbocycles. The van der Waals surface area contributed by atoms with Gasteiger partial charge in [0.15, 0.2) is 0 Å². The van der Waals surface area contributed by atoms with Gasteiger partial charge in [-0.15, -0.1) is 3.45 Å². The third kappa shape index (κ3) is 14.4. The highest BCUT2D eigenvalue weighted by molar-refractivity contribution is 9.08. The van der Waals surface area contributed by atoms with Gasteiger partial charge in [0.1, 0.15) is 6.04 Å². The van der Waals surface area contributed by atoms with Gasteiger partial charge in [-0.1, -0.05) is 13.8 Å². The summed E-state index contributed by atoms with van der Waals surface area (Å²) in [6.07, 6.45) is 0.532. The fourth-order valence-corrected chi connectivity index (χ4v) is 1.22. The van der Waals surface area contributed by atoms with Gasteiger partial charge in [0, 0.05) is 16.1 Å². The number of aliphatic carboxylic acids is 1. The van der Waals surface area contributed by atoms with Crippen molar-refractivity contribution < 1.29 is 24.3 Å². The molecule has 1 unspecified atom stereocenters. The number of hydrogen-bond acceptors (Lipinski definition) is 3. The first-order chi connectivity index (χ1) is 6.68. The zero-order valence-electron chi connectivity index (χ0n) is 8.22. The number of hydrogen-bond donors (Lipinski definition) is 3. The second kappa shape index (κ2) is 9.57. The molecule has 3 N–H and O–H groups in total. The van der Waals surface area contributed by atoms with Gasteiger partial charge in [-0.3, -0.25) is 9.36 Å². The lowest BCUT2D eigenvalue weighted by atomic mass is 10.1. The molecule has 15 heavy (non-hydrogen) atoms. The lowest BCUT2D eigenvalue weighted by Gasteiger charge is -2.16. The van der Waals surface area contributed by atoms with Crippen LogP contribution in [0.2, 0.25) is 0 Å². The van der Waals surface area contributed by atoms with Crippen LogP contribution in [0.15, 0.2) is 0 Å². The summed E-state index contributed by atoms with van der Waals surface area (Å²) in [6, 6.07) is -0.656. The summed E-state index contributed by atoms with van der Waals surface area (Å²) >= 11 is 8.34. The molecule has 0 aliphatic rings. The molecule has 0 aliphatic carbocycles.